The molecular formula is C11H10FN3O2. The molecular weight excluding hydrogens is 225 g/mol. The van der Waals surface area contributed by atoms with Gasteiger partial charge < -0.3 is 5.11 Å². The first kappa shape index (κ1) is 11.3. The van der Waals surface area contributed by atoms with E-state index in [1.807, 2.05) is 0 Å². The van der Waals surface area contributed by atoms with Crippen LogP contribution < -0.4 is 0 Å². The SMILES string of the molecule is O=C(O)CCn1cc(-c2ccccc2F)nn1. The van der Waals surface area contributed by atoms with Crippen LogP contribution in [0.25, 0.3) is 11.3 Å². The van der Waals surface area contributed by atoms with Crippen LogP contribution >= 0.6 is 0 Å². The lowest BCUT2D eigenvalue weighted by atomic mass is 10.1. The third kappa shape index (κ3) is 2.66. The van der Waals surface area contributed by atoms with E-state index < -0.39 is 5.97 Å². The van der Waals surface area contributed by atoms with Crippen molar-refractivity contribution in [2.24, 2.45) is 0 Å². The molecule has 1 heterocycles. The predicted molar refractivity (Wildman–Crippen MR) is 57.7 cm³/mol. The molecule has 2 rings (SSSR count). The minimum atomic E-state index is -0.909. The van der Waals surface area contributed by atoms with Crippen molar-refractivity contribution in [2.45, 2.75) is 13.0 Å². The monoisotopic (exact) mass is 235 g/mol. The first-order valence-electron chi connectivity index (χ1n) is 5.03. The molecule has 17 heavy (non-hydrogen) atoms. The summed E-state index contributed by atoms with van der Waals surface area (Å²) >= 11 is 0. The minimum Gasteiger partial charge on any atom is -0.481 e. The Morgan fingerprint density at radius 3 is 2.88 bits per heavy atom. The second-order valence-corrected chi connectivity index (χ2v) is 3.49. The largest absolute Gasteiger partial charge is 0.481 e. The highest BCUT2D eigenvalue weighted by Gasteiger charge is 2.08. The Labute approximate surface area is 96.5 Å². The van der Waals surface area contributed by atoms with Crippen molar-refractivity contribution in [2.75, 3.05) is 0 Å². The summed E-state index contributed by atoms with van der Waals surface area (Å²) < 4.78 is 14.8. The fraction of sp³-hybridized carbons (Fsp3) is 0.182. The van der Waals surface area contributed by atoms with Crippen LogP contribution in [-0.2, 0) is 11.3 Å². The summed E-state index contributed by atoms with van der Waals surface area (Å²) in [5.74, 6) is -1.29. The number of benzene rings is 1. The fourth-order valence-corrected chi connectivity index (χ4v) is 1.41. The van der Waals surface area contributed by atoms with Crippen molar-refractivity contribution in [1.29, 1.82) is 0 Å². The second kappa shape index (κ2) is 4.73. The Hall–Kier alpha value is -2.24. The molecule has 0 fully saturated rings. The molecule has 5 nitrogen and oxygen atoms in total. The van der Waals surface area contributed by atoms with Crippen molar-refractivity contribution >= 4 is 5.97 Å². The maximum Gasteiger partial charge on any atom is 0.305 e. The average molecular weight is 235 g/mol. The first-order valence-corrected chi connectivity index (χ1v) is 5.03. The molecule has 6 heteroatoms. The Morgan fingerprint density at radius 2 is 2.18 bits per heavy atom. The summed E-state index contributed by atoms with van der Waals surface area (Å²) in [6.45, 7) is 0.219. The third-order valence-electron chi connectivity index (χ3n) is 2.24. The zero-order valence-corrected chi connectivity index (χ0v) is 8.88. The van der Waals surface area contributed by atoms with E-state index in [2.05, 4.69) is 10.3 Å². The van der Waals surface area contributed by atoms with Crippen LogP contribution in [0.2, 0.25) is 0 Å². The standard InChI is InChI=1S/C11H10FN3O2/c12-9-4-2-1-3-8(9)10-7-15(14-13-10)6-5-11(16)17/h1-4,7H,5-6H2,(H,16,17). The van der Waals surface area contributed by atoms with E-state index in [0.29, 0.717) is 11.3 Å². The molecule has 0 amide bonds. The normalized spacial score (nSPS) is 10.4. The molecule has 1 aromatic carbocycles. The van der Waals surface area contributed by atoms with Crippen molar-refractivity contribution in [3.05, 3.63) is 36.3 Å². The summed E-state index contributed by atoms with van der Waals surface area (Å²) in [6.07, 6.45) is 1.49. The molecule has 0 atom stereocenters. The van der Waals surface area contributed by atoms with Gasteiger partial charge in [0.25, 0.3) is 0 Å². The zero-order valence-electron chi connectivity index (χ0n) is 8.88. The van der Waals surface area contributed by atoms with Crippen molar-refractivity contribution < 1.29 is 14.3 Å². The van der Waals surface area contributed by atoms with Crippen LogP contribution in [0.5, 0.6) is 0 Å². The molecule has 0 bridgehead atoms. The number of carbonyl (C=O) groups is 1. The minimum absolute atomic E-state index is 0.0416. The molecule has 0 radical (unpaired) electrons. The molecule has 0 aliphatic carbocycles. The summed E-state index contributed by atoms with van der Waals surface area (Å²) in [7, 11) is 0. The number of rotatable bonds is 4. The van der Waals surface area contributed by atoms with Gasteiger partial charge in [-0.05, 0) is 12.1 Å². The number of hydrogen-bond acceptors (Lipinski definition) is 3. The molecule has 0 aliphatic rings. The molecule has 0 saturated heterocycles. The molecule has 1 aromatic heterocycles. The van der Waals surface area contributed by atoms with Gasteiger partial charge in [-0.15, -0.1) is 5.10 Å². The zero-order chi connectivity index (χ0) is 12.3. The summed E-state index contributed by atoms with van der Waals surface area (Å²) in [5, 5.41) is 16.1. The molecule has 0 spiro atoms. The Balaban J connectivity index is 2.18. The van der Waals surface area contributed by atoms with Gasteiger partial charge in [-0.3, -0.25) is 9.48 Å². The predicted octanol–water partition coefficient (Wildman–Crippen LogP) is 1.56. The van der Waals surface area contributed by atoms with Gasteiger partial charge in [0.2, 0.25) is 0 Å². The van der Waals surface area contributed by atoms with Gasteiger partial charge in [0.15, 0.2) is 0 Å². The highest BCUT2D eigenvalue weighted by atomic mass is 19.1. The highest BCUT2D eigenvalue weighted by Crippen LogP contribution is 2.19. The molecule has 0 aliphatic heterocycles. The topological polar surface area (TPSA) is 68.0 Å². The van der Waals surface area contributed by atoms with Crippen LogP contribution in [0.3, 0.4) is 0 Å². The Kier molecular flexibility index (Phi) is 3.13. The second-order valence-electron chi connectivity index (χ2n) is 3.49. The molecule has 2 aromatic rings. The Bertz CT molecular complexity index is 539. The fourth-order valence-electron chi connectivity index (χ4n) is 1.41. The summed E-state index contributed by atoms with van der Waals surface area (Å²) in [5.41, 5.74) is 0.752. The van der Waals surface area contributed by atoms with Gasteiger partial charge in [-0.1, -0.05) is 17.3 Å². The van der Waals surface area contributed by atoms with Crippen LogP contribution in [0.15, 0.2) is 30.5 Å². The van der Waals surface area contributed by atoms with Crippen molar-refractivity contribution in [1.82, 2.24) is 15.0 Å². The van der Waals surface area contributed by atoms with E-state index in [9.17, 15) is 9.18 Å². The highest BCUT2D eigenvalue weighted by molar-refractivity contribution is 5.66. The first-order chi connectivity index (χ1) is 8.16. The number of halogens is 1. The lowest BCUT2D eigenvalue weighted by Crippen LogP contribution is -2.04. The van der Waals surface area contributed by atoms with E-state index in [1.165, 1.54) is 16.9 Å². The van der Waals surface area contributed by atoms with Gasteiger partial charge in [-0.25, -0.2) is 4.39 Å². The van der Waals surface area contributed by atoms with Crippen molar-refractivity contribution in [3.8, 4) is 11.3 Å². The third-order valence-corrected chi connectivity index (χ3v) is 2.24. The van der Waals surface area contributed by atoms with E-state index in [0.717, 1.165) is 0 Å². The maximum absolute atomic E-state index is 13.4. The molecule has 88 valence electrons. The van der Waals surface area contributed by atoms with Crippen LogP contribution in [-0.4, -0.2) is 26.1 Å². The number of aliphatic carboxylic acids is 1. The number of aromatic nitrogens is 3. The molecule has 0 unspecified atom stereocenters. The lowest BCUT2D eigenvalue weighted by molar-refractivity contribution is -0.137. The van der Waals surface area contributed by atoms with E-state index >= 15 is 0 Å². The average Bonchev–Trinajstić information content (AvgIpc) is 2.75. The van der Waals surface area contributed by atoms with E-state index in [-0.39, 0.29) is 18.8 Å². The van der Waals surface area contributed by atoms with Gasteiger partial charge in [-0.2, -0.15) is 0 Å². The smallest absolute Gasteiger partial charge is 0.305 e. The van der Waals surface area contributed by atoms with Gasteiger partial charge in [0.1, 0.15) is 11.5 Å². The lowest BCUT2D eigenvalue weighted by Gasteiger charge is -1.97. The van der Waals surface area contributed by atoms with Gasteiger partial charge in [0, 0.05) is 5.56 Å². The van der Waals surface area contributed by atoms with E-state index in [4.69, 9.17) is 5.11 Å². The van der Waals surface area contributed by atoms with Crippen LogP contribution in [0.4, 0.5) is 4.39 Å². The van der Waals surface area contributed by atoms with Crippen LogP contribution in [0, 0.1) is 5.82 Å². The number of nitrogens with zero attached hydrogens (tertiary/aromatic N) is 3. The summed E-state index contributed by atoms with van der Waals surface area (Å²) in [6, 6.07) is 6.23. The Morgan fingerprint density at radius 1 is 1.41 bits per heavy atom. The van der Waals surface area contributed by atoms with Crippen LogP contribution in [0.1, 0.15) is 6.42 Å². The molecule has 1 N–H and O–H groups in total. The van der Waals surface area contributed by atoms with Crippen molar-refractivity contribution in [3.63, 3.8) is 0 Å². The van der Waals surface area contributed by atoms with Gasteiger partial charge >= 0.3 is 5.97 Å². The number of hydrogen-bond donors (Lipinski definition) is 1. The van der Waals surface area contributed by atoms with Gasteiger partial charge in [0.05, 0.1) is 19.2 Å². The number of aryl methyl sites for hydroxylation is 1. The molecule has 0 saturated carbocycles. The number of carboxylic acid groups (broad SMARTS) is 1. The maximum atomic E-state index is 13.4. The quantitative estimate of drug-likeness (QED) is 0.873. The van der Waals surface area contributed by atoms with E-state index in [1.54, 1.807) is 18.2 Å². The summed E-state index contributed by atoms with van der Waals surface area (Å²) in [4.78, 5) is 10.4. The number of carboxylic acids is 1.